The topological polar surface area (TPSA) is 44.8 Å². The van der Waals surface area contributed by atoms with Crippen molar-refractivity contribution in [1.82, 2.24) is 15.1 Å². The van der Waals surface area contributed by atoms with Gasteiger partial charge in [-0.15, -0.1) is 0 Å². The lowest BCUT2D eigenvalue weighted by atomic mass is 10.0. The monoisotopic (exact) mass is 241 g/mol. The first-order valence-electron chi connectivity index (χ1n) is 6.44. The second-order valence-electron chi connectivity index (χ2n) is 5.21. The maximum atomic E-state index is 12.5. The van der Waals surface area contributed by atoms with E-state index in [1.54, 1.807) is 0 Å². The summed E-state index contributed by atoms with van der Waals surface area (Å²) >= 11 is 0. The lowest BCUT2D eigenvalue weighted by Crippen LogP contribution is -2.58. The lowest BCUT2D eigenvalue weighted by Gasteiger charge is -2.40. The summed E-state index contributed by atoms with van der Waals surface area (Å²) in [7, 11) is 2.04. The van der Waals surface area contributed by atoms with Crippen molar-refractivity contribution in [2.45, 2.75) is 18.9 Å². The molecule has 17 heavy (non-hydrogen) atoms. The molecule has 0 aliphatic carbocycles. The van der Waals surface area contributed by atoms with E-state index >= 15 is 0 Å². The molecule has 0 aromatic rings. The fraction of sp³-hybridized carbons (Fsp3) is 0.917. The van der Waals surface area contributed by atoms with Crippen LogP contribution >= 0.6 is 0 Å². The molecule has 5 nitrogen and oxygen atoms in total. The smallest absolute Gasteiger partial charge is 0.255 e. The summed E-state index contributed by atoms with van der Waals surface area (Å²) in [6, 6.07) is 0. The lowest BCUT2D eigenvalue weighted by molar-refractivity contribution is -0.166. The van der Waals surface area contributed by atoms with E-state index < -0.39 is 5.60 Å². The number of amides is 1. The third-order valence-electron chi connectivity index (χ3n) is 3.54. The SMILES string of the molecule is CN1CCO[C@@](C)(C(=O)N2CCCNCC2)C1. The van der Waals surface area contributed by atoms with Crippen molar-refractivity contribution < 1.29 is 9.53 Å². The van der Waals surface area contributed by atoms with Gasteiger partial charge in [-0.1, -0.05) is 0 Å². The largest absolute Gasteiger partial charge is 0.363 e. The van der Waals surface area contributed by atoms with Crippen molar-refractivity contribution >= 4 is 5.91 Å². The molecule has 0 radical (unpaired) electrons. The minimum absolute atomic E-state index is 0.146. The summed E-state index contributed by atoms with van der Waals surface area (Å²) in [5.74, 6) is 0.146. The molecular formula is C12H23N3O2. The number of ether oxygens (including phenoxy) is 1. The minimum atomic E-state index is -0.655. The maximum absolute atomic E-state index is 12.5. The van der Waals surface area contributed by atoms with Crippen molar-refractivity contribution in [3.8, 4) is 0 Å². The molecule has 2 saturated heterocycles. The van der Waals surface area contributed by atoms with Gasteiger partial charge in [0.1, 0.15) is 0 Å². The van der Waals surface area contributed by atoms with Crippen LogP contribution in [0, 0.1) is 0 Å². The molecule has 2 aliphatic heterocycles. The zero-order valence-corrected chi connectivity index (χ0v) is 10.9. The molecule has 0 saturated carbocycles. The molecule has 1 amide bonds. The van der Waals surface area contributed by atoms with Crippen LogP contribution in [0.3, 0.4) is 0 Å². The number of hydrogen-bond donors (Lipinski definition) is 1. The second-order valence-corrected chi connectivity index (χ2v) is 5.21. The Balaban J connectivity index is 2.01. The standard InChI is InChI=1S/C12H23N3O2/c1-12(10-14(2)8-9-17-12)11(16)15-6-3-4-13-5-7-15/h13H,3-10H2,1-2H3/t12-/m1/s1. The van der Waals surface area contributed by atoms with Crippen LogP contribution in [0.1, 0.15) is 13.3 Å². The Labute approximate surface area is 103 Å². The van der Waals surface area contributed by atoms with Crippen molar-refractivity contribution in [1.29, 1.82) is 0 Å². The number of carbonyl (C=O) groups is 1. The van der Waals surface area contributed by atoms with Gasteiger partial charge in [-0.2, -0.15) is 0 Å². The minimum Gasteiger partial charge on any atom is -0.363 e. The summed E-state index contributed by atoms with van der Waals surface area (Å²) in [6.45, 7) is 7.68. The molecule has 2 fully saturated rings. The van der Waals surface area contributed by atoms with Gasteiger partial charge in [0.05, 0.1) is 6.61 Å². The number of rotatable bonds is 1. The number of morpholine rings is 1. The molecule has 2 aliphatic rings. The number of nitrogens with one attached hydrogen (secondary N) is 1. The predicted octanol–water partition coefficient (Wildman–Crippen LogP) is -0.471. The fourth-order valence-electron chi connectivity index (χ4n) is 2.58. The van der Waals surface area contributed by atoms with Crippen LogP contribution in [-0.4, -0.2) is 74.2 Å². The maximum Gasteiger partial charge on any atom is 0.255 e. The van der Waals surface area contributed by atoms with Crippen molar-refractivity contribution in [3.05, 3.63) is 0 Å². The highest BCUT2D eigenvalue weighted by Crippen LogP contribution is 2.20. The van der Waals surface area contributed by atoms with Crippen molar-refractivity contribution in [2.75, 3.05) is 52.9 Å². The number of likely N-dealkylation sites (N-methyl/N-ethyl adjacent to an activating group) is 1. The summed E-state index contributed by atoms with van der Waals surface area (Å²) in [5.41, 5.74) is -0.655. The van der Waals surface area contributed by atoms with E-state index in [9.17, 15) is 4.79 Å². The van der Waals surface area contributed by atoms with Crippen LogP contribution in [0.25, 0.3) is 0 Å². The van der Waals surface area contributed by atoms with Crippen LogP contribution in [0.2, 0.25) is 0 Å². The van der Waals surface area contributed by atoms with E-state index in [4.69, 9.17) is 4.74 Å². The van der Waals surface area contributed by atoms with Crippen LogP contribution in [-0.2, 0) is 9.53 Å². The molecule has 2 rings (SSSR count). The Kier molecular flexibility index (Phi) is 4.01. The van der Waals surface area contributed by atoms with Crippen molar-refractivity contribution in [3.63, 3.8) is 0 Å². The molecule has 1 N–H and O–H groups in total. The summed E-state index contributed by atoms with van der Waals surface area (Å²) < 4.78 is 5.74. The molecule has 2 heterocycles. The van der Waals surface area contributed by atoms with E-state index in [1.807, 2.05) is 18.9 Å². The van der Waals surface area contributed by atoms with E-state index in [0.29, 0.717) is 13.2 Å². The quantitative estimate of drug-likeness (QED) is 0.674. The van der Waals surface area contributed by atoms with Crippen LogP contribution < -0.4 is 5.32 Å². The van der Waals surface area contributed by atoms with Gasteiger partial charge in [-0.3, -0.25) is 4.79 Å². The van der Waals surface area contributed by atoms with Gasteiger partial charge in [-0.05, 0) is 26.9 Å². The van der Waals surface area contributed by atoms with Gasteiger partial charge < -0.3 is 19.9 Å². The van der Waals surface area contributed by atoms with Gasteiger partial charge in [0.2, 0.25) is 0 Å². The fourth-order valence-corrected chi connectivity index (χ4v) is 2.58. The van der Waals surface area contributed by atoms with Gasteiger partial charge in [0.25, 0.3) is 5.91 Å². The molecule has 0 aromatic carbocycles. The molecule has 98 valence electrons. The molecule has 0 unspecified atom stereocenters. The summed E-state index contributed by atoms with van der Waals surface area (Å²) in [6.07, 6.45) is 1.03. The van der Waals surface area contributed by atoms with Gasteiger partial charge >= 0.3 is 0 Å². The third-order valence-corrected chi connectivity index (χ3v) is 3.54. The molecule has 0 spiro atoms. The summed E-state index contributed by atoms with van der Waals surface area (Å²) in [5, 5.41) is 3.31. The molecule has 5 heteroatoms. The zero-order valence-electron chi connectivity index (χ0n) is 10.9. The van der Waals surface area contributed by atoms with Crippen LogP contribution in [0.4, 0.5) is 0 Å². The molecular weight excluding hydrogens is 218 g/mol. The first kappa shape index (κ1) is 12.8. The highest BCUT2D eigenvalue weighted by Gasteiger charge is 2.40. The average Bonchev–Trinajstić information content (AvgIpc) is 2.56. The van der Waals surface area contributed by atoms with E-state index in [2.05, 4.69) is 10.2 Å². The first-order chi connectivity index (χ1) is 8.12. The third kappa shape index (κ3) is 2.97. The van der Waals surface area contributed by atoms with Gasteiger partial charge in [-0.25, -0.2) is 0 Å². The Morgan fingerprint density at radius 3 is 2.88 bits per heavy atom. The predicted molar refractivity (Wildman–Crippen MR) is 65.9 cm³/mol. The second kappa shape index (κ2) is 5.33. The molecule has 0 bridgehead atoms. The van der Waals surface area contributed by atoms with E-state index in [0.717, 1.165) is 39.1 Å². The Morgan fingerprint density at radius 1 is 1.29 bits per heavy atom. The zero-order chi connectivity index (χ0) is 12.3. The normalized spacial score (nSPS) is 32.2. The van der Waals surface area contributed by atoms with Gasteiger partial charge in [0, 0.05) is 32.7 Å². The van der Waals surface area contributed by atoms with Gasteiger partial charge in [0.15, 0.2) is 5.60 Å². The Bertz CT molecular complexity index is 277. The van der Waals surface area contributed by atoms with E-state index in [1.165, 1.54) is 0 Å². The van der Waals surface area contributed by atoms with Crippen molar-refractivity contribution in [2.24, 2.45) is 0 Å². The summed E-state index contributed by atoms with van der Waals surface area (Å²) in [4.78, 5) is 16.6. The highest BCUT2D eigenvalue weighted by atomic mass is 16.5. The number of hydrogen-bond acceptors (Lipinski definition) is 4. The number of nitrogens with zero attached hydrogens (tertiary/aromatic N) is 2. The Hall–Kier alpha value is -0.650. The van der Waals surface area contributed by atoms with Crippen LogP contribution in [0.15, 0.2) is 0 Å². The molecule has 1 atom stereocenters. The first-order valence-corrected chi connectivity index (χ1v) is 6.44. The number of carbonyl (C=O) groups excluding carboxylic acids is 1. The Morgan fingerprint density at radius 2 is 2.12 bits per heavy atom. The van der Waals surface area contributed by atoms with E-state index in [-0.39, 0.29) is 5.91 Å². The highest BCUT2D eigenvalue weighted by molar-refractivity contribution is 5.85. The molecule has 0 aromatic heterocycles. The van der Waals surface area contributed by atoms with Crippen LogP contribution in [0.5, 0.6) is 0 Å². The average molecular weight is 241 g/mol.